The van der Waals surface area contributed by atoms with Gasteiger partial charge in [0.05, 0.1) is 35.5 Å². The van der Waals surface area contributed by atoms with Crippen LogP contribution in [0.15, 0.2) is 81.4 Å². The minimum absolute atomic E-state index is 0.0223. The van der Waals surface area contributed by atoms with Crippen LogP contribution in [0.25, 0.3) is 27.0 Å². The zero-order valence-electron chi connectivity index (χ0n) is 20.2. The van der Waals surface area contributed by atoms with Crippen LogP contribution in [0.3, 0.4) is 0 Å². The molecule has 8 nitrogen and oxygen atoms in total. The van der Waals surface area contributed by atoms with Crippen LogP contribution < -0.4 is 10.9 Å². The van der Waals surface area contributed by atoms with Crippen LogP contribution in [-0.2, 0) is 20.7 Å². The van der Waals surface area contributed by atoms with Gasteiger partial charge in [0, 0.05) is 16.3 Å². The number of thiophene rings is 1. The molecule has 0 spiro atoms. The molecule has 0 aliphatic heterocycles. The van der Waals surface area contributed by atoms with Gasteiger partial charge >= 0.3 is 5.97 Å². The van der Waals surface area contributed by atoms with Crippen molar-refractivity contribution in [1.29, 1.82) is 0 Å². The molecule has 3 aromatic heterocycles. The summed E-state index contributed by atoms with van der Waals surface area (Å²) in [5.74, 6) is -0.637. The minimum Gasteiger partial charge on any atom is -0.466 e. The van der Waals surface area contributed by atoms with Crippen LogP contribution in [0.1, 0.15) is 12.6 Å². The molecule has 2 aromatic carbocycles. The van der Waals surface area contributed by atoms with Gasteiger partial charge in [0.1, 0.15) is 4.83 Å². The number of anilines is 1. The fraction of sp³-hybridized carbons (Fsp3) is 0.148. The predicted octanol–water partition coefficient (Wildman–Crippen LogP) is 5.41. The molecule has 5 rings (SSSR count). The third kappa shape index (κ3) is 5.69. The summed E-state index contributed by atoms with van der Waals surface area (Å²) in [5, 5.41) is 7.78. The standard InChI is InChI=1S/C27H22N4O4S3/c1-2-35-22(33)13-18-14-37-26(28-18)29-21(32)16-38-27-30-24-23(20(15-36-24)17-9-5-3-6-10-17)25(34)31(27)19-11-7-4-8-12-19/h3-12,14-15H,2,13,16H2,1H3,(H,28,29,32). The highest BCUT2D eigenvalue weighted by Gasteiger charge is 2.19. The molecule has 0 unspecified atom stereocenters. The minimum atomic E-state index is -0.365. The smallest absolute Gasteiger partial charge is 0.311 e. The van der Waals surface area contributed by atoms with Crippen LogP contribution >= 0.6 is 34.4 Å². The molecule has 0 saturated heterocycles. The number of carbonyl (C=O) groups is 2. The number of rotatable bonds is 9. The summed E-state index contributed by atoms with van der Waals surface area (Å²) in [4.78, 5) is 48.0. The van der Waals surface area contributed by atoms with Crippen LogP contribution in [0, 0.1) is 0 Å². The Morgan fingerprint density at radius 1 is 1.00 bits per heavy atom. The van der Waals surface area contributed by atoms with E-state index in [1.54, 1.807) is 16.9 Å². The number of ether oxygens (including phenoxy) is 1. The molecule has 0 saturated carbocycles. The summed E-state index contributed by atoms with van der Waals surface area (Å²) in [5.41, 5.74) is 2.80. The average molecular weight is 563 g/mol. The first kappa shape index (κ1) is 25.8. The van der Waals surface area contributed by atoms with E-state index in [0.29, 0.717) is 38.5 Å². The zero-order valence-corrected chi connectivity index (χ0v) is 22.7. The summed E-state index contributed by atoms with van der Waals surface area (Å²) in [7, 11) is 0. The number of carbonyl (C=O) groups excluding carboxylic acids is 2. The number of nitrogens with one attached hydrogen (secondary N) is 1. The van der Waals surface area contributed by atoms with E-state index in [-0.39, 0.29) is 29.6 Å². The molecule has 0 aliphatic carbocycles. The van der Waals surface area contributed by atoms with Crippen molar-refractivity contribution in [3.8, 4) is 16.8 Å². The lowest BCUT2D eigenvalue weighted by atomic mass is 10.1. The van der Waals surface area contributed by atoms with Crippen molar-refractivity contribution in [2.24, 2.45) is 0 Å². The Bertz CT molecular complexity index is 1650. The Morgan fingerprint density at radius 3 is 2.47 bits per heavy atom. The van der Waals surface area contributed by atoms with Crippen LogP contribution in [0.4, 0.5) is 5.13 Å². The molecule has 1 amide bonds. The monoisotopic (exact) mass is 562 g/mol. The molecule has 0 bridgehead atoms. The Kier molecular flexibility index (Phi) is 7.97. The second-order valence-corrected chi connectivity index (χ2v) is 10.7. The number of hydrogen-bond acceptors (Lipinski definition) is 9. The molecule has 3 heterocycles. The topological polar surface area (TPSA) is 103 Å². The van der Waals surface area contributed by atoms with E-state index in [1.165, 1.54) is 34.4 Å². The highest BCUT2D eigenvalue weighted by Crippen LogP contribution is 2.33. The van der Waals surface area contributed by atoms with Crippen LogP contribution in [0.2, 0.25) is 0 Å². The summed E-state index contributed by atoms with van der Waals surface area (Å²) in [6.45, 7) is 2.05. The number of thioether (sulfide) groups is 1. The highest BCUT2D eigenvalue weighted by molar-refractivity contribution is 7.99. The molecule has 0 aliphatic rings. The first-order valence-corrected chi connectivity index (χ1v) is 14.5. The van der Waals surface area contributed by atoms with E-state index in [4.69, 9.17) is 9.72 Å². The summed E-state index contributed by atoms with van der Waals surface area (Å²) in [6, 6.07) is 19.0. The van der Waals surface area contributed by atoms with Gasteiger partial charge in [-0.25, -0.2) is 9.97 Å². The van der Waals surface area contributed by atoms with Crippen molar-refractivity contribution in [3.05, 3.63) is 87.5 Å². The molecule has 11 heteroatoms. The molecule has 1 N–H and O–H groups in total. The van der Waals surface area contributed by atoms with Crippen LogP contribution in [-0.4, -0.2) is 38.8 Å². The van der Waals surface area contributed by atoms with Gasteiger partial charge in [0.2, 0.25) is 5.91 Å². The SMILES string of the molecule is CCOC(=O)Cc1csc(NC(=O)CSc2nc3scc(-c4ccccc4)c3c(=O)n2-c2ccccc2)n1. The van der Waals surface area contributed by atoms with Gasteiger partial charge in [-0.05, 0) is 24.6 Å². The van der Waals surface area contributed by atoms with Crippen LogP contribution in [0.5, 0.6) is 0 Å². The van der Waals surface area contributed by atoms with Crippen molar-refractivity contribution >= 4 is 61.7 Å². The van der Waals surface area contributed by atoms with Crippen molar-refractivity contribution < 1.29 is 14.3 Å². The van der Waals surface area contributed by atoms with E-state index in [0.717, 1.165) is 11.1 Å². The van der Waals surface area contributed by atoms with Gasteiger partial charge in [-0.3, -0.25) is 19.0 Å². The summed E-state index contributed by atoms with van der Waals surface area (Å²) >= 11 is 3.82. The van der Waals surface area contributed by atoms with Gasteiger partial charge in [0.15, 0.2) is 10.3 Å². The van der Waals surface area contributed by atoms with E-state index in [2.05, 4.69) is 10.3 Å². The maximum absolute atomic E-state index is 13.8. The number of fused-ring (bicyclic) bond motifs is 1. The lowest BCUT2D eigenvalue weighted by Gasteiger charge is -2.12. The number of nitrogens with zero attached hydrogens (tertiary/aromatic N) is 3. The highest BCUT2D eigenvalue weighted by atomic mass is 32.2. The maximum Gasteiger partial charge on any atom is 0.311 e. The van der Waals surface area contributed by atoms with E-state index in [9.17, 15) is 14.4 Å². The fourth-order valence-electron chi connectivity index (χ4n) is 3.79. The average Bonchev–Trinajstić information content (AvgIpc) is 3.55. The molecule has 0 fully saturated rings. The number of thiazole rings is 1. The number of hydrogen-bond donors (Lipinski definition) is 1. The van der Waals surface area contributed by atoms with Gasteiger partial charge in [0.25, 0.3) is 5.56 Å². The largest absolute Gasteiger partial charge is 0.466 e. The van der Waals surface area contributed by atoms with Gasteiger partial charge < -0.3 is 10.1 Å². The predicted molar refractivity (Wildman–Crippen MR) is 152 cm³/mol. The van der Waals surface area contributed by atoms with Gasteiger partial charge in [-0.2, -0.15) is 0 Å². The number of aromatic nitrogens is 3. The van der Waals surface area contributed by atoms with Gasteiger partial charge in [-0.15, -0.1) is 22.7 Å². The molecule has 0 radical (unpaired) electrons. The molecule has 38 heavy (non-hydrogen) atoms. The quantitative estimate of drug-likeness (QED) is 0.146. The van der Waals surface area contributed by atoms with E-state index < -0.39 is 0 Å². The fourth-order valence-corrected chi connectivity index (χ4v) is 6.32. The third-order valence-corrected chi connectivity index (χ3v) is 8.05. The number of benzene rings is 2. The summed E-state index contributed by atoms with van der Waals surface area (Å²) < 4.78 is 6.50. The van der Waals surface area contributed by atoms with E-state index in [1.807, 2.05) is 66.0 Å². The Labute approximate surface area is 230 Å². The zero-order chi connectivity index (χ0) is 26.5. The second kappa shape index (κ2) is 11.7. The Hall–Kier alpha value is -3.80. The third-order valence-electron chi connectivity index (χ3n) is 5.44. The van der Waals surface area contributed by atoms with Crippen molar-refractivity contribution in [2.75, 3.05) is 17.7 Å². The first-order chi connectivity index (χ1) is 18.5. The second-order valence-electron chi connectivity index (χ2n) is 8.03. The van der Waals surface area contributed by atoms with Crippen molar-refractivity contribution in [2.45, 2.75) is 18.5 Å². The van der Waals surface area contributed by atoms with Crippen molar-refractivity contribution in [1.82, 2.24) is 14.5 Å². The van der Waals surface area contributed by atoms with E-state index >= 15 is 0 Å². The number of amides is 1. The lowest BCUT2D eigenvalue weighted by Crippen LogP contribution is -2.22. The molecule has 192 valence electrons. The van der Waals surface area contributed by atoms with Crippen molar-refractivity contribution in [3.63, 3.8) is 0 Å². The number of para-hydroxylation sites is 1. The molecule has 0 atom stereocenters. The summed E-state index contributed by atoms with van der Waals surface area (Å²) in [6.07, 6.45) is 0.0496. The first-order valence-electron chi connectivity index (χ1n) is 11.7. The van der Waals surface area contributed by atoms with Gasteiger partial charge in [-0.1, -0.05) is 60.3 Å². The lowest BCUT2D eigenvalue weighted by molar-refractivity contribution is -0.142. The molecule has 5 aromatic rings. The Balaban J connectivity index is 1.40. The molecular formula is C27H22N4O4S3. The molecular weight excluding hydrogens is 541 g/mol. The Morgan fingerprint density at radius 2 is 1.74 bits per heavy atom. The normalized spacial score (nSPS) is 11.0. The maximum atomic E-state index is 13.8. The number of esters is 1.